The largest absolute Gasteiger partial charge is 0.324 e. The first kappa shape index (κ1) is 15.5. The first-order chi connectivity index (χ1) is 12.2. The number of fused-ring (bicyclic) bond motifs is 3. The van der Waals surface area contributed by atoms with Gasteiger partial charge in [-0.2, -0.15) is 4.98 Å². The number of aryl methyl sites for hydroxylation is 1. The molecule has 0 radical (unpaired) electrons. The van der Waals surface area contributed by atoms with E-state index in [0.717, 1.165) is 17.4 Å². The lowest BCUT2D eigenvalue weighted by Gasteiger charge is -2.06. The number of halogens is 1. The molecule has 0 fully saturated rings. The van der Waals surface area contributed by atoms with E-state index < -0.39 is 0 Å². The Hall–Kier alpha value is -2.99. The molecule has 2 heterocycles. The van der Waals surface area contributed by atoms with Gasteiger partial charge in [-0.25, -0.2) is 0 Å². The van der Waals surface area contributed by atoms with E-state index in [-0.39, 0.29) is 11.9 Å². The number of rotatable bonds is 3. The Balaban J connectivity index is 1.78. The minimum absolute atomic E-state index is 0.148. The van der Waals surface area contributed by atoms with Gasteiger partial charge in [0.05, 0.1) is 16.1 Å². The topological polar surface area (TPSA) is 72.7 Å². The van der Waals surface area contributed by atoms with Crippen LogP contribution in [0.4, 0.5) is 5.95 Å². The Morgan fingerprint density at radius 2 is 1.88 bits per heavy atom. The van der Waals surface area contributed by atoms with E-state index in [1.807, 2.05) is 35.8 Å². The molecule has 0 atom stereocenters. The van der Waals surface area contributed by atoms with Gasteiger partial charge >= 0.3 is 0 Å². The molecule has 7 heteroatoms. The molecule has 25 heavy (non-hydrogen) atoms. The van der Waals surface area contributed by atoms with Gasteiger partial charge in [-0.3, -0.25) is 10.1 Å². The third-order valence-corrected chi connectivity index (χ3v) is 4.36. The number of carbonyl (C=O) groups excluding carboxylic acids is 1. The normalized spacial score (nSPS) is 11.1. The van der Waals surface area contributed by atoms with Crippen molar-refractivity contribution in [2.24, 2.45) is 0 Å². The molecule has 6 nitrogen and oxygen atoms in total. The van der Waals surface area contributed by atoms with Crippen molar-refractivity contribution in [1.82, 2.24) is 19.7 Å². The van der Waals surface area contributed by atoms with E-state index in [2.05, 4.69) is 20.5 Å². The molecular formula is C18H14ClN5O. The average molecular weight is 352 g/mol. The molecular weight excluding hydrogens is 338 g/mol. The Labute approximate surface area is 148 Å². The van der Waals surface area contributed by atoms with E-state index in [4.69, 9.17) is 11.6 Å². The number of hydrogen-bond donors (Lipinski definition) is 1. The van der Waals surface area contributed by atoms with Crippen molar-refractivity contribution in [2.75, 3.05) is 5.32 Å². The van der Waals surface area contributed by atoms with Crippen molar-refractivity contribution in [3.8, 4) is 0 Å². The molecule has 0 bridgehead atoms. The van der Waals surface area contributed by atoms with Crippen LogP contribution in [0.1, 0.15) is 17.3 Å². The second-order valence-corrected chi connectivity index (χ2v) is 5.91. The lowest BCUT2D eigenvalue weighted by Crippen LogP contribution is -2.15. The summed E-state index contributed by atoms with van der Waals surface area (Å²) in [7, 11) is 0. The van der Waals surface area contributed by atoms with Crippen LogP contribution in [0.3, 0.4) is 0 Å². The van der Waals surface area contributed by atoms with Gasteiger partial charge in [0.2, 0.25) is 0 Å². The third kappa shape index (κ3) is 2.60. The van der Waals surface area contributed by atoms with Gasteiger partial charge in [-0.15, -0.1) is 10.2 Å². The summed E-state index contributed by atoms with van der Waals surface area (Å²) in [5.41, 5.74) is 2.81. The Morgan fingerprint density at radius 1 is 1.12 bits per heavy atom. The first-order valence-electron chi connectivity index (χ1n) is 7.86. The number of para-hydroxylation sites is 1. The number of benzene rings is 2. The van der Waals surface area contributed by atoms with Gasteiger partial charge in [0, 0.05) is 11.9 Å². The highest BCUT2D eigenvalue weighted by molar-refractivity contribution is 6.34. The molecule has 2 aromatic carbocycles. The predicted molar refractivity (Wildman–Crippen MR) is 97.9 cm³/mol. The number of hydrogen-bond acceptors (Lipinski definition) is 4. The Bertz CT molecular complexity index is 1110. The SMILES string of the molecule is CCn1c2ccccc2c2nnc(NC(=O)c3ccccc3Cl)nc21. The summed E-state index contributed by atoms with van der Waals surface area (Å²) < 4.78 is 2.05. The van der Waals surface area contributed by atoms with Crippen LogP contribution >= 0.6 is 11.6 Å². The highest BCUT2D eigenvalue weighted by Crippen LogP contribution is 2.26. The highest BCUT2D eigenvalue weighted by Gasteiger charge is 2.16. The number of anilines is 1. The zero-order chi connectivity index (χ0) is 17.4. The zero-order valence-electron chi connectivity index (χ0n) is 13.4. The quantitative estimate of drug-likeness (QED) is 0.607. The molecule has 4 rings (SSSR count). The smallest absolute Gasteiger partial charge is 0.259 e. The second kappa shape index (κ2) is 6.14. The van der Waals surface area contributed by atoms with E-state index in [0.29, 0.717) is 21.7 Å². The Kier molecular flexibility index (Phi) is 3.82. The summed E-state index contributed by atoms with van der Waals surface area (Å²) in [5.74, 6) is -0.221. The molecule has 0 aliphatic carbocycles. The highest BCUT2D eigenvalue weighted by atomic mass is 35.5. The van der Waals surface area contributed by atoms with Gasteiger partial charge in [0.1, 0.15) is 5.52 Å². The fourth-order valence-corrected chi connectivity index (χ4v) is 3.11. The molecule has 0 aliphatic heterocycles. The van der Waals surface area contributed by atoms with Crippen LogP contribution in [0.25, 0.3) is 22.1 Å². The van der Waals surface area contributed by atoms with Gasteiger partial charge in [0.15, 0.2) is 5.65 Å². The number of amides is 1. The molecule has 0 saturated carbocycles. The van der Waals surface area contributed by atoms with Gasteiger partial charge in [0.25, 0.3) is 11.9 Å². The monoisotopic (exact) mass is 351 g/mol. The maximum atomic E-state index is 12.4. The van der Waals surface area contributed by atoms with Crippen LogP contribution in [0, 0.1) is 0 Å². The molecule has 0 spiro atoms. The van der Waals surface area contributed by atoms with E-state index in [9.17, 15) is 4.79 Å². The van der Waals surface area contributed by atoms with Gasteiger partial charge < -0.3 is 4.57 Å². The maximum absolute atomic E-state index is 12.4. The first-order valence-corrected chi connectivity index (χ1v) is 8.24. The summed E-state index contributed by atoms with van der Waals surface area (Å²) in [5, 5.41) is 12.3. The fourth-order valence-electron chi connectivity index (χ4n) is 2.89. The van der Waals surface area contributed by atoms with Crippen molar-refractivity contribution in [3.63, 3.8) is 0 Å². The minimum Gasteiger partial charge on any atom is -0.324 e. The fraction of sp³-hybridized carbons (Fsp3) is 0.111. The molecule has 0 unspecified atom stereocenters. The van der Waals surface area contributed by atoms with Crippen molar-refractivity contribution >= 4 is 45.5 Å². The van der Waals surface area contributed by atoms with Crippen molar-refractivity contribution in [3.05, 3.63) is 59.1 Å². The third-order valence-electron chi connectivity index (χ3n) is 4.03. The van der Waals surface area contributed by atoms with Gasteiger partial charge in [-0.1, -0.05) is 41.9 Å². The molecule has 2 aromatic heterocycles. The van der Waals surface area contributed by atoms with E-state index >= 15 is 0 Å². The van der Waals surface area contributed by atoms with Crippen molar-refractivity contribution in [1.29, 1.82) is 0 Å². The van der Waals surface area contributed by atoms with Crippen LogP contribution < -0.4 is 5.32 Å². The molecule has 0 saturated heterocycles. The molecule has 4 aromatic rings. The van der Waals surface area contributed by atoms with Crippen molar-refractivity contribution < 1.29 is 4.79 Å². The van der Waals surface area contributed by atoms with Crippen molar-refractivity contribution in [2.45, 2.75) is 13.5 Å². The van der Waals surface area contributed by atoms with E-state index in [1.54, 1.807) is 24.3 Å². The molecule has 1 amide bonds. The lowest BCUT2D eigenvalue weighted by atomic mass is 10.2. The minimum atomic E-state index is -0.370. The zero-order valence-corrected chi connectivity index (χ0v) is 14.2. The predicted octanol–water partition coefficient (Wildman–Crippen LogP) is 3.91. The summed E-state index contributed by atoms with van der Waals surface area (Å²) in [6.45, 7) is 2.77. The van der Waals surface area contributed by atoms with Gasteiger partial charge in [-0.05, 0) is 25.1 Å². The van der Waals surface area contributed by atoms with Crippen LogP contribution in [0.15, 0.2) is 48.5 Å². The number of aromatic nitrogens is 4. The molecule has 124 valence electrons. The summed E-state index contributed by atoms with van der Waals surface area (Å²) in [6, 6.07) is 14.8. The lowest BCUT2D eigenvalue weighted by molar-refractivity contribution is 0.102. The standard InChI is InChI=1S/C18H14ClN5O/c1-2-24-14-10-6-4-8-12(14)15-16(24)20-18(23-22-15)21-17(25)11-7-3-5-9-13(11)19/h3-10H,2H2,1H3,(H,20,21,23,25). The molecule has 1 N–H and O–H groups in total. The second-order valence-electron chi connectivity index (χ2n) is 5.50. The number of nitrogens with zero attached hydrogens (tertiary/aromatic N) is 4. The van der Waals surface area contributed by atoms with Crippen LogP contribution in [-0.2, 0) is 6.54 Å². The van der Waals surface area contributed by atoms with Crippen LogP contribution in [0.5, 0.6) is 0 Å². The average Bonchev–Trinajstić information content (AvgIpc) is 2.95. The Morgan fingerprint density at radius 3 is 2.68 bits per heavy atom. The number of carbonyl (C=O) groups is 1. The molecule has 0 aliphatic rings. The summed E-state index contributed by atoms with van der Waals surface area (Å²) in [6.07, 6.45) is 0. The summed E-state index contributed by atoms with van der Waals surface area (Å²) in [4.78, 5) is 16.9. The van der Waals surface area contributed by atoms with E-state index in [1.165, 1.54) is 0 Å². The van der Waals surface area contributed by atoms with Crippen LogP contribution in [0.2, 0.25) is 5.02 Å². The maximum Gasteiger partial charge on any atom is 0.259 e. The number of nitrogens with one attached hydrogen (secondary N) is 1. The van der Waals surface area contributed by atoms with Crippen LogP contribution in [-0.4, -0.2) is 25.7 Å². The summed E-state index contributed by atoms with van der Waals surface area (Å²) >= 11 is 6.06.